The first kappa shape index (κ1) is 15.6. The molecule has 1 aromatic heterocycles. The van der Waals surface area contributed by atoms with E-state index in [4.69, 9.17) is 4.74 Å². The summed E-state index contributed by atoms with van der Waals surface area (Å²) in [5.74, 6) is 0.850. The molecule has 1 aromatic rings. The van der Waals surface area contributed by atoms with Gasteiger partial charge in [0.2, 0.25) is 0 Å². The smallest absolute Gasteiger partial charge is 0.0652 e. The first-order valence-electron chi connectivity index (χ1n) is 8.02. The minimum atomic E-state index is -0.0464. The number of nitrogens with one attached hydrogen (secondary N) is 1. The Morgan fingerprint density at radius 2 is 2.15 bits per heavy atom. The van der Waals surface area contributed by atoms with Crippen molar-refractivity contribution in [2.24, 2.45) is 5.92 Å². The average Bonchev–Trinajstić information content (AvgIpc) is 3.09. The van der Waals surface area contributed by atoms with E-state index in [1.54, 1.807) is 0 Å². The fraction of sp³-hybridized carbons (Fsp3) is 0.765. The highest BCUT2D eigenvalue weighted by molar-refractivity contribution is 5.18. The Bertz CT molecular complexity index is 401. The lowest BCUT2D eigenvalue weighted by Crippen LogP contribution is -2.23. The zero-order valence-corrected chi connectivity index (χ0v) is 13.5. The van der Waals surface area contributed by atoms with Crippen LogP contribution in [0.5, 0.6) is 0 Å². The number of rotatable bonds is 8. The van der Waals surface area contributed by atoms with Gasteiger partial charge in [0.1, 0.15) is 0 Å². The lowest BCUT2D eigenvalue weighted by molar-refractivity contribution is -0.00680. The maximum absolute atomic E-state index is 5.79. The fourth-order valence-corrected chi connectivity index (χ4v) is 2.53. The molecule has 1 atom stereocenters. The Kier molecular flexibility index (Phi) is 5.28. The molecule has 0 spiro atoms. The van der Waals surface area contributed by atoms with E-state index in [9.17, 15) is 0 Å². The molecule has 2 rings (SSSR count). The lowest BCUT2D eigenvalue weighted by Gasteiger charge is -2.19. The van der Waals surface area contributed by atoms with Gasteiger partial charge in [-0.15, -0.1) is 0 Å². The molecule has 0 aromatic carbocycles. The average molecular weight is 278 g/mol. The van der Waals surface area contributed by atoms with Crippen molar-refractivity contribution in [1.82, 2.24) is 9.88 Å². The number of hydrogen-bond acceptors (Lipinski definition) is 2. The molecule has 0 saturated heterocycles. The maximum Gasteiger partial charge on any atom is 0.0652 e. The van der Waals surface area contributed by atoms with E-state index < -0.39 is 0 Å². The highest BCUT2D eigenvalue weighted by atomic mass is 16.5. The van der Waals surface area contributed by atoms with Gasteiger partial charge in [0.25, 0.3) is 0 Å². The molecule has 114 valence electrons. The van der Waals surface area contributed by atoms with E-state index >= 15 is 0 Å². The summed E-state index contributed by atoms with van der Waals surface area (Å²) < 4.78 is 8.05. The summed E-state index contributed by atoms with van der Waals surface area (Å²) in [4.78, 5) is 0. The van der Waals surface area contributed by atoms with Gasteiger partial charge in [-0.05, 0) is 64.1 Å². The first-order chi connectivity index (χ1) is 9.49. The SMILES string of the molecule is CCCNC(c1ccn(CCOC(C)(C)C)c1)C1CC1. The minimum absolute atomic E-state index is 0.0464. The molecule has 1 aliphatic rings. The second kappa shape index (κ2) is 6.77. The second-order valence-corrected chi connectivity index (χ2v) is 6.91. The maximum atomic E-state index is 5.79. The molecule has 0 radical (unpaired) electrons. The normalized spacial score (nSPS) is 17.4. The Labute approximate surface area is 123 Å². The van der Waals surface area contributed by atoms with Gasteiger partial charge in [-0.2, -0.15) is 0 Å². The van der Waals surface area contributed by atoms with Gasteiger partial charge in [-0.1, -0.05) is 6.92 Å². The number of aromatic nitrogens is 1. The summed E-state index contributed by atoms with van der Waals surface area (Å²) in [5.41, 5.74) is 1.39. The third-order valence-corrected chi connectivity index (χ3v) is 3.72. The van der Waals surface area contributed by atoms with Crippen molar-refractivity contribution < 1.29 is 4.74 Å². The van der Waals surface area contributed by atoms with Crippen LogP contribution in [0, 0.1) is 5.92 Å². The van der Waals surface area contributed by atoms with E-state index in [2.05, 4.69) is 56.0 Å². The summed E-state index contributed by atoms with van der Waals surface area (Å²) in [7, 11) is 0. The second-order valence-electron chi connectivity index (χ2n) is 6.91. The Hall–Kier alpha value is -0.800. The van der Waals surface area contributed by atoms with E-state index in [-0.39, 0.29) is 5.60 Å². The van der Waals surface area contributed by atoms with Gasteiger partial charge in [-0.25, -0.2) is 0 Å². The number of ether oxygens (including phenoxy) is 1. The molecule has 1 aliphatic carbocycles. The third kappa shape index (κ3) is 4.95. The summed E-state index contributed by atoms with van der Waals surface area (Å²) in [6, 6.07) is 2.82. The standard InChI is InChI=1S/C17H30N2O/c1-5-9-18-16(14-6-7-14)15-8-10-19(13-15)11-12-20-17(2,3)4/h8,10,13-14,16,18H,5-7,9,11-12H2,1-4H3. The zero-order valence-electron chi connectivity index (χ0n) is 13.5. The Morgan fingerprint density at radius 3 is 2.75 bits per heavy atom. The molecular weight excluding hydrogens is 248 g/mol. The molecule has 1 N–H and O–H groups in total. The number of nitrogens with zero attached hydrogens (tertiary/aromatic N) is 1. The van der Waals surface area contributed by atoms with Crippen molar-refractivity contribution in [2.75, 3.05) is 13.2 Å². The molecule has 3 heteroatoms. The lowest BCUT2D eigenvalue weighted by atomic mass is 10.1. The van der Waals surface area contributed by atoms with Crippen LogP contribution in [0.25, 0.3) is 0 Å². The fourth-order valence-electron chi connectivity index (χ4n) is 2.53. The highest BCUT2D eigenvalue weighted by Gasteiger charge is 2.32. The van der Waals surface area contributed by atoms with Crippen molar-refractivity contribution in [2.45, 2.75) is 65.1 Å². The molecule has 20 heavy (non-hydrogen) atoms. The van der Waals surface area contributed by atoms with E-state index in [0.29, 0.717) is 6.04 Å². The molecular formula is C17H30N2O. The van der Waals surface area contributed by atoms with Crippen molar-refractivity contribution in [3.63, 3.8) is 0 Å². The van der Waals surface area contributed by atoms with Crippen LogP contribution in [0.1, 0.15) is 58.6 Å². The molecule has 0 amide bonds. The summed E-state index contributed by atoms with van der Waals surface area (Å²) in [6.45, 7) is 11.4. The van der Waals surface area contributed by atoms with Gasteiger partial charge < -0.3 is 14.6 Å². The third-order valence-electron chi connectivity index (χ3n) is 3.72. The van der Waals surface area contributed by atoms with Gasteiger partial charge >= 0.3 is 0 Å². The van der Waals surface area contributed by atoms with Crippen LogP contribution in [0.3, 0.4) is 0 Å². The first-order valence-corrected chi connectivity index (χ1v) is 8.02. The van der Waals surface area contributed by atoms with Crippen LogP contribution < -0.4 is 5.32 Å². The topological polar surface area (TPSA) is 26.2 Å². The van der Waals surface area contributed by atoms with Crippen LogP contribution in [0.15, 0.2) is 18.5 Å². The quantitative estimate of drug-likeness (QED) is 0.783. The van der Waals surface area contributed by atoms with Crippen molar-refractivity contribution in [3.8, 4) is 0 Å². The van der Waals surface area contributed by atoms with Gasteiger partial charge in [0.15, 0.2) is 0 Å². The van der Waals surface area contributed by atoms with Gasteiger partial charge in [-0.3, -0.25) is 0 Å². The zero-order chi connectivity index (χ0) is 14.6. The van der Waals surface area contributed by atoms with Crippen LogP contribution >= 0.6 is 0 Å². The van der Waals surface area contributed by atoms with Gasteiger partial charge in [0, 0.05) is 25.0 Å². The molecule has 0 bridgehead atoms. The summed E-state index contributed by atoms with van der Waals surface area (Å²) in [5, 5.41) is 3.70. The molecule has 0 aliphatic heterocycles. The van der Waals surface area contributed by atoms with Crippen LogP contribution in [-0.4, -0.2) is 23.3 Å². The Morgan fingerprint density at radius 1 is 1.40 bits per heavy atom. The van der Waals surface area contributed by atoms with E-state index in [1.807, 2.05) is 0 Å². The largest absolute Gasteiger partial charge is 0.374 e. The predicted molar refractivity (Wildman–Crippen MR) is 83.9 cm³/mol. The molecule has 1 unspecified atom stereocenters. The summed E-state index contributed by atoms with van der Waals surface area (Å²) in [6.07, 6.45) is 8.42. The number of hydrogen-bond donors (Lipinski definition) is 1. The van der Waals surface area contributed by atoms with Crippen molar-refractivity contribution in [3.05, 3.63) is 24.0 Å². The van der Waals surface area contributed by atoms with Crippen molar-refractivity contribution in [1.29, 1.82) is 0 Å². The van der Waals surface area contributed by atoms with E-state index in [1.165, 1.54) is 24.8 Å². The van der Waals surface area contributed by atoms with Crippen LogP contribution in [0.2, 0.25) is 0 Å². The Balaban J connectivity index is 1.86. The minimum Gasteiger partial charge on any atom is -0.374 e. The monoisotopic (exact) mass is 278 g/mol. The predicted octanol–water partition coefficient (Wildman–Crippen LogP) is 3.75. The van der Waals surface area contributed by atoms with Crippen LogP contribution in [-0.2, 0) is 11.3 Å². The molecule has 1 saturated carbocycles. The molecule has 1 fully saturated rings. The van der Waals surface area contributed by atoms with Crippen molar-refractivity contribution >= 4 is 0 Å². The summed E-state index contributed by atoms with van der Waals surface area (Å²) >= 11 is 0. The molecule has 3 nitrogen and oxygen atoms in total. The van der Waals surface area contributed by atoms with Gasteiger partial charge in [0.05, 0.1) is 12.2 Å². The highest BCUT2D eigenvalue weighted by Crippen LogP contribution is 2.41. The molecule has 1 heterocycles. The van der Waals surface area contributed by atoms with Crippen LogP contribution in [0.4, 0.5) is 0 Å². The van der Waals surface area contributed by atoms with E-state index in [0.717, 1.165) is 25.6 Å².